The molecule has 1 N–H and O–H groups in total. The summed E-state index contributed by atoms with van der Waals surface area (Å²) in [5.41, 5.74) is 5.79. The first-order chi connectivity index (χ1) is 15.0. The smallest absolute Gasteiger partial charge is 0.170 e. The number of unbranched alkanes of at least 4 members (excludes halogenated alkanes) is 1. The van der Waals surface area contributed by atoms with Crippen LogP contribution in [0, 0.1) is 13.8 Å². The van der Waals surface area contributed by atoms with Crippen LogP contribution in [0.5, 0.6) is 5.75 Å². The van der Waals surface area contributed by atoms with Gasteiger partial charge in [0.25, 0.3) is 0 Å². The van der Waals surface area contributed by atoms with E-state index in [0.29, 0.717) is 0 Å². The van der Waals surface area contributed by atoms with Gasteiger partial charge in [0.05, 0.1) is 24.9 Å². The maximum Gasteiger partial charge on any atom is 0.170 e. The van der Waals surface area contributed by atoms with Crippen LogP contribution in [0.1, 0.15) is 54.5 Å². The van der Waals surface area contributed by atoms with E-state index in [2.05, 4.69) is 64.8 Å². The molecule has 0 aliphatic carbocycles. The van der Waals surface area contributed by atoms with E-state index in [1.165, 1.54) is 17.0 Å². The van der Waals surface area contributed by atoms with E-state index < -0.39 is 0 Å². The van der Waals surface area contributed by atoms with Crippen molar-refractivity contribution in [1.82, 2.24) is 19.8 Å². The van der Waals surface area contributed by atoms with E-state index in [1.807, 2.05) is 30.5 Å². The topological polar surface area (TPSA) is 42.3 Å². The van der Waals surface area contributed by atoms with Crippen LogP contribution < -0.4 is 10.1 Å². The predicted molar refractivity (Wildman–Crippen MR) is 129 cm³/mol. The van der Waals surface area contributed by atoms with Gasteiger partial charge < -0.3 is 19.5 Å². The number of nitrogens with zero attached hydrogens (tertiary/aromatic N) is 3. The standard InChI is InChI=1S/C25H30N4OS/c1-5-6-14-28-24(23(27-25(28)31)22-12-7-8-13-26-22)21-15-17(2)29(18(21)3)19-10-9-11-20(16-19)30-4/h7-13,15-16,23-24H,5-6,14H2,1-4H3,(H,27,31). The second-order valence-corrected chi connectivity index (χ2v) is 8.42. The van der Waals surface area contributed by atoms with E-state index in [-0.39, 0.29) is 12.1 Å². The van der Waals surface area contributed by atoms with Gasteiger partial charge in [0.15, 0.2) is 5.11 Å². The number of nitrogens with one attached hydrogen (secondary N) is 1. The van der Waals surface area contributed by atoms with Crippen molar-refractivity contribution < 1.29 is 4.74 Å². The molecule has 6 heteroatoms. The van der Waals surface area contributed by atoms with Crippen molar-refractivity contribution in [3.8, 4) is 11.4 Å². The summed E-state index contributed by atoms with van der Waals surface area (Å²) >= 11 is 5.78. The van der Waals surface area contributed by atoms with Crippen molar-refractivity contribution in [1.29, 1.82) is 0 Å². The zero-order chi connectivity index (χ0) is 22.0. The highest BCUT2D eigenvalue weighted by atomic mass is 32.1. The summed E-state index contributed by atoms with van der Waals surface area (Å²) in [6.07, 6.45) is 4.08. The Morgan fingerprint density at radius 1 is 1.13 bits per heavy atom. The Morgan fingerprint density at radius 2 is 1.97 bits per heavy atom. The molecule has 0 saturated carbocycles. The molecule has 1 aliphatic rings. The van der Waals surface area contributed by atoms with Crippen molar-refractivity contribution in [2.45, 2.75) is 45.7 Å². The zero-order valence-corrected chi connectivity index (χ0v) is 19.4. The molecule has 2 atom stereocenters. The minimum Gasteiger partial charge on any atom is -0.497 e. The lowest BCUT2D eigenvalue weighted by Crippen LogP contribution is -2.30. The largest absolute Gasteiger partial charge is 0.497 e. The Bertz CT molecular complexity index is 1060. The molecule has 4 rings (SSSR count). The Balaban J connectivity index is 1.81. The maximum atomic E-state index is 5.78. The predicted octanol–water partition coefficient (Wildman–Crippen LogP) is 5.27. The number of hydrogen-bond acceptors (Lipinski definition) is 3. The average Bonchev–Trinajstić information content (AvgIpc) is 3.27. The van der Waals surface area contributed by atoms with Gasteiger partial charge in [-0.25, -0.2) is 0 Å². The van der Waals surface area contributed by atoms with Crippen LogP contribution in [0.3, 0.4) is 0 Å². The number of aryl methyl sites for hydroxylation is 1. The summed E-state index contributed by atoms with van der Waals surface area (Å²) in [5.74, 6) is 0.853. The fourth-order valence-electron chi connectivity index (χ4n) is 4.55. The van der Waals surface area contributed by atoms with Crippen LogP contribution in [0.4, 0.5) is 0 Å². The highest BCUT2D eigenvalue weighted by Gasteiger charge is 2.41. The lowest BCUT2D eigenvalue weighted by atomic mass is 9.96. The number of thiocarbonyl (C=S) groups is 1. The first kappa shape index (κ1) is 21.4. The lowest BCUT2D eigenvalue weighted by Gasteiger charge is -2.28. The molecular formula is C25H30N4OS. The molecule has 0 spiro atoms. The van der Waals surface area contributed by atoms with Crippen LogP contribution in [0.25, 0.3) is 5.69 Å². The summed E-state index contributed by atoms with van der Waals surface area (Å²) in [7, 11) is 1.70. The minimum atomic E-state index is 0.0183. The molecule has 0 amide bonds. The number of aromatic nitrogens is 2. The minimum absolute atomic E-state index is 0.0183. The summed E-state index contributed by atoms with van der Waals surface area (Å²) in [6, 6.07) is 16.7. The molecule has 2 unspecified atom stereocenters. The number of ether oxygens (including phenoxy) is 1. The molecule has 1 aliphatic heterocycles. The Morgan fingerprint density at radius 3 is 2.68 bits per heavy atom. The monoisotopic (exact) mass is 434 g/mol. The molecule has 0 radical (unpaired) electrons. The molecule has 5 nitrogen and oxygen atoms in total. The first-order valence-electron chi connectivity index (χ1n) is 10.9. The molecule has 0 bridgehead atoms. The summed E-state index contributed by atoms with van der Waals surface area (Å²) in [4.78, 5) is 7.00. The third-order valence-electron chi connectivity index (χ3n) is 6.05. The SMILES string of the molecule is CCCCN1C(=S)NC(c2ccccn2)C1c1cc(C)n(-c2cccc(OC)c2)c1C. The Kier molecular flexibility index (Phi) is 6.28. The lowest BCUT2D eigenvalue weighted by molar-refractivity contribution is 0.312. The van der Waals surface area contributed by atoms with E-state index in [4.69, 9.17) is 17.0 Å². The second-order valence-electron chi connectivity index (χ2n) is 8.04. The van der Waals surface area contributed by atoms with E-state index >= 15 is 0 Å². The van der Waals surface area contributed by atoms with Gasteiger partial charge in [-0.1, -0.05) is 25.5 Å². The molecular weight excluding hydrogens is 404 g/mol. The first-order valence-corrected chi connectivity index (χ1v) is 11.3. The van der Waals surface area contributed by atoms with Gasteiger partial charge in [0, 0.05) is 35.9 Å². The summed E-state index contributed by atoms with van der Waals surface area (Å²) in [5, 5.41) is 4.36. The number of rotatable bonds is 7. The normalized spacial score (nSPS) is 18.3. The highest BCUT2D eigenvalue weighted by Crippen LogP contribution is 2.41. The summed E-state index contributed by atoms with van der Waals surface area (Å²) in [6.45, 7) is 7.49. The van der Waals surface area contributed by atoms with Gasteiger partial charge in [-0.2, -0.15) is 0 Å². The fraction of sp³-hybridized carbons (Fsp3) is 0.360. The molecule has 3 heterocycles. The van der Waals surface area contributed by atoms with Crippen LogP contribution in [0.2, 0.25) is 0 Å². The van der Waals surface area contributed by atoms with E-state index in [0.717, 1.165) is 41.6 Å². The Hall–Kier alpha value is -2.86. The van der Waals surface area contributed by atoms with Crippen molar-refractivity contribution in [3.05, 3.63) is 77.4 Å². The average molecular weight is 435 g/mol. The highest BCUT2D eigenvalue weighted by molar-refractivity contribution is 7.80. The second kappa shape index (κ2) is 9.10. The Labute approximate surface area is 190 Å². The number of pyridine rings is 1. The van der Waals surface area contributed by atoms with Gasteiger partial charge in [-0.05, 0) is 68.4 Å². The molecule has 1 saturated heterocycles. The number of hydrogen-bond donors (Lipinski definition) is 1. The fourth-order valence-corrected chi connectivity index (χ4v) is 4.88. The zero-order valence-electron chi connectivity index (χ0n) is 18.6. The van der Waals surface area contributed by atoms with Gasteiger partial charge in [0.2, 0.25) is 0 Å². The van der Waals surface area contributed by atoms with Crippen LogP contribution >= 0.6 is 12.2 Å². The molecule has 2 aromatic heterocycles. The van der Waals surface area contributed by atoms with Crippen LogP contribution in [-0.2, 0) is 0 Å². The van der Waals surface area contributed by atoms with E-state index in [1.54, 1.807) is 7.11 Å². The molecule has 1 fully saturated rings. The molecule has 1 aromatic carbocycles. The molecule has 3 aromatic rings. The quantitative estimate of drug-likeness (QED) is 0.513. The third kappa shape index (κ3) is 4.04. The van der Waals surface area contributed by atoms with E-state index in [9.17, 15) is 0 Å². The van der Waals surface area contributed by atoms with Crippen LogP contribution in [0.15, 0.2) is 54.7 Å². The van der Waals surface area contributed by atoms with Crippen molar-refractivity contribution in [2.24, 2.45) is 0 Å². The van der Waals surface area contributed by atoms with Crippen LogP contribution in [-0.4, -0.2) is 33.2 Å². The van der Waals surface area contributed by atoms with Crippen molar-refractivity contribution in [2.75, 3.05) is 13.7 Å². The summed E-state index contributed by atoms with van der Waals surface area (Å²) < 4.78 is 7.75. The van der Waals surface area contributed by atoms with Gasteiger partial charge in [-0.15, -0.1) is 0 Å². The van der Waals surface area contributed by atoms with Gasteiger partial charge >= 0.3 is 0 Å². The number of benzene rings is 1. The molecule has 31 heavy (non-hydrogen) atoms. The van der Waals surface area contributed by atoms with Crippen molar-refractivity contribution >= 4 is 17.3 Å². The maximum absolute atomic E-state index is 5.78. The number of methoxy groups -OCH3 is 1. The van der Waals surface area contributed by atoms with Crippen molar-refractivity contribution in [3.63, 3.8) is 0 Å². The van der Waals surface area contributed by atoms with Gasteiger partial charge in [0.1, 0.15) is 5.75 Å². The molecule has 162 valence electrons. The van der Waals surface area contributed by atoms with Gasteiger partial charge in [-0.3, -0.25) is 4.98 Å². The third-order valence-corrected chi connectivity index (χ3v) is 6.40.